The van der Waals surface area contributed by atoms with Gasteiger partial charge in [0, 0.05) is 22.4 Å². The Bertz CT molecular complexity index is 622. The molecule has 2 rings (SSSR count). The Hall–Kier alpha value is -2.01. The molecule has 0 amide bonds. The van der Waals surface area contributed by atoms with Gasteiger partial charge in [0.15, 0.2) is 0 Å². The minimum absolute atomic E-state index is 0.400. The van der Waals surface area contributed by atoms with Crippen molar-refractivity contribution in [3.05, 3.63) is 48.2 Å². The standard InChI is InChI=1S/C18H21NO3S/c1-4-15(5-2)23-16-9-7-14(8-10-16)22-17-11-6-13(12-19-17)18(20)21-3/h6-12,15H,4-5H2,1-3H3. The zero-order valence-electron chi connectivity index (χ0n) is 13.6. The molecule has 1 aromatic heterocycles. The fourth-order valence-electron chi connectivity index (χ4n) is 2.03. The van der Waals surface area contributed by atoms with Gasteiger partial charge in [-0.25, -0.2) is 9.78 Å². The van der Waals surface area contributed by atoms with Crippen molar-refractivity contribution in [1.29, 1.82) is 0 Å². The Balaban J connectivity index is 1.99. The lowest BCUT2D eigenvalue weighted by Gasteiger charge is -2.12. The maximum absolute atomic E-state index is 11.4. The fourth-order valence-corrected chi connectivity index (χ4v) is 3.05. The van der Waals surface area contributed by atoms with E-state index in [2.05, 4.69) is 35.7 Å². The number of hydrogen-bond donors (Lipinski definition) is 0. The third kappa shape index (κ3) is 4.99. The molecule has 0 spiro atoms. The topological polar surface area (TPSA) is 48.4 Å². The fraction of sp³-hybridized carbons (Fsp3) is 0.333. The summed E-state index contributed by atoms with van der Waals surface area (Å²) in [6.07, 6.45) is 3.77. The number of aromatic nitrogens is 1. The van der Waals surface area contributed by atoms with E-state index in [0.29, 0.717) is 16.7 Å². The van der Waals surface area contributed by atoms with Crippen molar-refractivity contribution in [3.8, 4) is 11.6 Å². The number of rotatable bonds is 7. The number of methoxy groups -OCH3 is 1. The van der Waals surface area contributed by atoms with Crippen LogP contribution in [-0.4, -0.2) is 23.3 Å². The molecule has 0 unspecified atom stereocenters. The van der Waals surface area contributed by atoms with Gasteiger partial charge in [-0.1, -0.05) is 13.8 Å². The van der Waals surface area contributed by atoms with Crippen LogP contribution in [0.5, 0.6) is 11.6 Å². The van der Waals surface area contributed by atoms with E-state index < -0.39 is 5.97 Å². The molecule has 0 atom stereocenters. The normalized spacial score (nSPS) is 10.6. The van der Waals surface area contributed by atoms with Crippen molar-refractivity contribution in [2.24, 2.45) is 0 Å². The molecule has 0 N–H and O–H groups in total. The Kier molecular flexibility index (Phi) is 6.47. The van der Waals surface area contributed by atoms with Crippen molar-refractivity contribution in [2.45, 2.75) is 36.8 Å². The van der Waals surface area contributed by atoms with Crippen LogP contribution in [-0.2, 0) is 4.74 Å². The molecule has 0 radical (unpaired) electrons. The predicted octanol–water partition coefficient (Wildman–Crippen LogP) is 4.94. The van der Waals surface area contributed by atoms with E-state index in [1.54, 1.807) is 12.1 Å². The van der Waals surface area contributed by atoms with Crippen molar-refractivity contribution < 1.29 is 14.3 Å². The van der Waals surface area contributed by atoms with Crippen LogP contribution in [0.25, 0.3) is 0 Å². The molecular weight excluding hydrogens is 310 g/mol. The highest BCUT2D eigenvalue weighted by molar-refractivity contribution is 8.00. The quantitative estimate of drug-likeness (QED) is 0.531. The molecule has 1 aromatic carbocycles. The van der Waals surface area contributed by atoms with E-state index in [1.807, 2.05) is 23.9 Å². The molecule has 23 heavy (non-hydrogen) atoms. The van der Waals surface area contributed by atoms with E-state index in [1.165, 1.54) is 18.2 Å². The summed E-state index contributed by atoms with van der Waals surface area (Å²) in [4.78, 5) is 16.7. The van der Waals surface area contributed by atoms with E-state index in [0.717, 1.165) is 18.6 Å². The first kappa shape index (κ1) is 17.3. The van der Waals surface area contributed by atoms with Crippen LogP contribution in [0.3, 0.4) is 0 Å². The van der Waals surface area contributed by atoms with Gasteiger partial charge in [-0.2, -0.15) is 0 Å². The van der Waals surface area contributed by atoms with Gasteiger partial charge < -0.3 is 9.47 Å². The summed E-state index contributed by atoms with van der Waals surface area (Å²) in [6.45, 7) is 4.42. The monoisotopic (exact) mass is 331 g/mol. The smallest absolute Gasteiger partial charge is 0.339 e. The summed E-state index contributed by atoms with van der Waals surface area (Å²) >= 11 is 1.89. The average molecular weight is 331 g/mol. The summed E-state index contributed by atoms with van der Waals surface area (Å²) in [5.74, 6) is 0.752. The van der Waals surface area contributed by atoms with E-state index >= 15 is 0 Å². The van der Waals surface area contributed by atoms with Gasteiger partial charge in [-0.05, 0) is 43.2 Å². The maximum atomic E-state index is 11.4. The Labute approximate surface area is 141 Å². The van der Waals surface area contributed by atoms with Crippen molar-refractivity contribution in [1.82, 2.24) is 4.98 Å². The van der Waals surface area contributed by atoms with E-state index in [4.69, 9.17) is 4.74 Å². The largest absolute Gasteiger partial charge is 0.465 e. The molecule has 0 saturated heterocycles. The van der Waals surface area contributed by atoms with Crippen molar-refractivity contribution in [3.63, 3.8) is 0 Å². The molecule has 0 saturated carbocycles. The molecule has 0 bridgehead atoms. The van der Waals surface area contributed by atoms with Gasteiger partial charge in [-0.3, -0.25) is 0 Å². The lowest BCUT2D eigenvalue weighted by molar-refractivity contribution is 0.0600. The third-order valence-corrected chi connectivity index (χ3v) is 4.96. The number of carbonyl (C=O) groups is 1. The van der Waals surface area contributed by atoms with Crippen LogP contribution in [0.15, 0.2) is 47.5 Å². The summed E-state index contributed by atoms with van der Waals surface area (Å²) in [5, 5.41) is 0.648. The van der Waals surface area contributed by atoms with Gasteiger partial charge in [0.2, 0.25) is 5.88 Å². The zero-order chi connectivity index (χ0) is 16.7. The highest BCUT2D eigenvalue weighted by atomic mass is 32.2. The minimum Gasteiger partial charge on any atom is -0.465 e. The van der Waals surface area contributed by atoms with E-state index in [-0.39, 0.29) is 0 Å². The molecule has 4 nitrogen and oxygen atoms in total. The number of nitrogens with zero attached hydrogens (tertiary/aromatic N) is 1. The summed E-state index contributed by atoms with van der Waals surface area (Å²) < 4.78 is 10.3. The number of pyridine rings is 1. The van der Waals surface area contributed by atoms with Crippen LogP contribution >= 0.6 is 11.8 Å². The number of benzene rings is 1. The summed E-state index contributed by atoms with van der Waals surface area (Å²) in [5.41, 5.74) is 0.400. The van der Waals surface area contributed by atoms with Crippen LogP contribution in [0.1, 0.15) is 37.0 Å². The molecule has 1 heterocycles. The third-order valence-electron chi connectivity index (χ3n) is 3.42. The molecule has 0 fully saturated rings. The van der Waals surface area contributed by atoms with Crippen LogP contribution < -0.4 is 4.74 Å². The number of thioether (sulfide) groups is 1. The first-order valence-electron chi connectivity index (χ1n) is 7.65. The second-order valence-corrected chi connectivity index (χ2v) is 6.38. The minimum atomic E-state index is -0.410. The maximum Gasteiger partial charge on any atom is 0.339 e. The van der Waals surface area contributed by atoms with Gasteiger partial charge in [0.1, 0.15) is 5.75 Å². The number of ether oxygens (including phenoxy) is 2. The molecule has 0 aliphatic heterocycles. The molecule has 122 valence electrons. The zero-order valence-corrected chi connectivity index (χ0v) is 14.4. The molecule has 5 heteroatoms. The second-order valence-electron chi connectivity index (χ2n) is 5.01. The Morgan fingerprint density at radius 1 is 1.13 bits per heavy atom. The highest BCUT2D eigenvalue weighted by Gasteiger charge is 2.08. The molecule has 0 aliphatic rings. The molecule has 2 aromatic rings. The second kappa shape index (κ2) is 8.58. The van der Waals surface area contributed by atoms with Crippen molar-refractivity contribution >= 4 is 17.7 Å². The first-order chi connectivity index (χ1) is 11.2. The van der Waals surface area contributed by atoms with E-state index in [9.17, 15) is 4.79 Å². The lowest BCUT2D eigenvalue weighted by atomic mass is 10.3. The average Bonchev–Trinajstić information content (AvgIpc) is 2.61. The highest BCUT2D eigenvalue weighted by Crippen LogP contribution is 2.29. The van der Waals surface area contributed by atoms with Gasteiger partial charge in [0.05, 0.1) is 12.7 Å². The van der Waals surface area contributed by atoms with Crippen LogP contribution in [0, 0.1) is 0 Å². The number of esters is 1. The Morgan fingerprint density at radius 2 is 1.83 bits per heavy atom. The summed E-state index contributed by atoms with van der Waals surface area (Å²) in [6, 6.07) is 11.3. The SMILES string of the molecule is CCC(CC)Sc1ccc(Oc2ccc(C(=O)OC)cn2)cc1. The number of carbonyl (C=O) groups excluding carboxylic acids is 1. The van der Waals surface area contributed by atoms with Crippen LogP contribution in [0.4, 0.5) is 0 Å². The lowest BCUT2D eigenvalue weighted by Crippen LogP contribution is -2.01. The Morgan fingerprint density at radius 3 is 2.35 bits per heavy atom. The molecular formula is C18H21NO3S. The molecule has 0 aliphatic carbocycles. The van der Waals surface area contributed by atoms with Gasteiger partial charge >= 0.3 is 5.97 Å². The van der Waals surface area contributed by atoms with Gasteiger partial charge in [0.25, 0.3) is 0 Å². The predicted molar refractivity (Wildman–Crippen MR) is 92.3 cm³/mol. The van der Waals surface area contributed by atoms with Gasteiger partial charge in [-0.15, -0.1) is 11.8 Å². The number of hydrogen-bond acceptors (Lipinski definition) is 5. The van der Waals surface area contributed by atoms with Crippen molar-refractivity contribution in [2.75, 3.05) is 7.11 Å². The van der Waals surface area contributed by atoms with Crippen LogP contribution in [0.2, 0.25) is 0 Å². The first-order valence-corrected chi connectivity index (χ1v) is 8.53. The summed E-state index contributed by atoms with van der Waals surface area (Å²) in [7, 11) is 1.34.